The zero-order valence-electron chi connectivity index (χ0n) is 30.7. The fraction of sp³-hybridized carbons (Fsp3) is 0.561. The van der Waals surface area contributed by atoms with Crippen LogP contribution in [0.4, 0.5) is 0 Å². The van der Waals surface area contributed by atoms with E-state index in [1.54, 1.807) is 28.4 Å². The van der Waals surface area contributed by atoms with E-state index in [-0.39, 0.29) is 46.3 Å². The predicted molar refractivity (Wildman–Crippen MR) is 191 cm³/mol. The molecule has 0 amide bonds. The van der Waals surface area contributed by atoms with Crippen molar-refractivity contribution in [3.8, 4) is 23.0 Å². The molecular weight excluding hydrogens is 648 g/mol. The van der Waals surface area contributed by atoms with Crippen molar-refractivity contribution < 1.29 is 38.0 Å². The minimum absolute atomic E-state index is 0.0402. The number of benzene rings is 2. The molecule has 272 valence electrons. The molecule has 0 radical (unpaired) electrons. The fourth-order valence-corrected chi connectivity index (χ4v) is 10.7. The van der Waals surface area contributed by atoms with Crippen LogP contribution in [0.2, 0.25) is 0 Å². The zero-order chi connectivity index (χ0) is 35.7. The second kappa shape index (κ2) is 12.9. The quantitative estimate of drug-likeness (QED) is 0.323. The molecule has 0 saturated carbocycles. The Morgan fingerprint density at radius 3 is 1.47 bits per heavy atom. The SMILES string of the molecule is COC1=C[C@@H]2[C@@H]3Cc4ccc(OC)c(OCCCOc5c(OC)ccc6c5[C@@]57CCN(C)[C@@H](C6)[C@H]5C=C(OC)C(=O)C7)c4[C@]2(CCN3C)CC1=O. The van der Waals surface area contributed by atoms with Gasteiger partial charge in [-0.25, -0.2) is 0 Å². The molecule has 2 aromatic carbocycles. The number of hydrogen-bond donors (Lipinski definition) is 0. The van der Waals surface area contributed by atoms with Crippen LogP contribution in [0.3, 0.4) is 0 Å². The molecule has 2 heterocycles. The molecule has 6 aliphatic rings. The lowest BCUT2D eigenvalue weighted by atomic mass is 9.53. The van der Waals surface area contributed by atoms with E-state index < -0.39 is 0 Å². The van der Waals surface area contributed by atoms with Crippen molar-refractivity contribution in [2.24, 2.45) is 11.8 Å². The molecule has 2 fully saturated rings. The Bertz CT molecular complexity index is 1690. The van der Waals surface area contributed by atoms with Crippen LogP contribution in [0.5, 0.6) is 23.0 Å². The largest absolute Gasteiger partial charge is 0.493 e. The molecule has 10 heteroatoms. The third-order valence-corrected chi connectivity index (χ3v) is 13.2. The van der Waals surface area contributed by atoms with Crippen molar-refractivity contribution in [3.05, 3.63) is 70.2 Å². The Kier molecular flexibility index (Phi) is 8.61. The first kappa shape index (κ1) is 34.1. The van der Waals surface area contributed by atoms with Crippen LogP contribution in [-0.2, 0) is 42.7 Å². The summed E-state index contributed by atoms with van der Waals surface area (Å²) in [6, 6.07) is 8.86. The third-order valence-electron chi connectivity index (χ3n) is 13.2. The molecule has 2 aromatic rings. The van der Waals surface area contributed by atoms with Gasteiger partial charge in [-0.05, 0) is 88.3 Å². The van der Waals surface area contributed by atoms with Gasteiger partial charge >= 0.3 is 0 Å². The fourth-order valence-electron chi connectivity index (χ4n) is 10.7. The number of likely N-dealkylation sites (tertiary alicyclic amines) is 2. The molecule has 0 N–H and O–H groups in total. The van der Waals surface area contributed by atoms with E-state index in [1.165, 1.54) is 11.1 Å². The smallest absolute Gasteiger partial charge is 0.197 e. The zero-order valence-corrected chi connectivity index (χ0v) is 30.7. The molecule has 4 aliphatic carbocycles. The van der Waals surface area contributed by atoms with E-state index in [4.69, 9.17) is 28.4 Å². The number of methoxy groups -OCH3 is 4. The van der Waals surface area contributed by atoms with Crippen LogP contribution in [-0.4, -0.2) is 102 Å². The maximum atomic E-state index is 13.4. The average molecular weight is 699 g/mol. The number of fused-ring (bicyclic) bond motifs is 2. The van der Waals surface area contributed by atoms with Crippen LogP contribution in [0.25, 0.3) is 0 Å². The van der Waals surface area contributed by atoms with Crippen molar-refractivity contribution in [1.82, 2.24) is 9.80 Å². The van der Waals surface area contributed by atoms with E-state index in [0.29, 0.717) is 55.5 Å². The number of rotatable bonds is 10. The Hall–Kier alpha value is -4.02. The highest BCUT2D eigenvalue weighted by molar-refractivity contribution is 5.97. The van der Waals surface area contributed by atoms with Gasteiger partial charge in [-0.3, -0.25) is 9.59 Å². The maximum absolute atomic E-state index is 13.4. The van der Waals surface area contributed by atoms with E-state index in [2.05, 4.69) is 48.2 Å². The third kappa shape index (κ3) is 5.11. The number of nitrogens with zero attached hydrogens (tertiary/aromatic N) is 2. The van der Waals surface area contributed by atoms with Crippen LogP contribution < -0.4 is 18.9 Å². The summed E-state index contributed by atoms with van der Waals surface area (Å²) >= 11 is 0. The van der Waals surface area contributed by atoms with Crippen molar-refractivity contribution in [2.45, 2.75) is 67.9 Å². The molecular formula is C41H50N2O8. The van der Waals surface area contributed by atoms with Gasteiger partial charge in [0.15, 0.2) is 46.1 Å². The lowest BCUT2D eigenvalue weighted by molar-refractivity contribution is -0.123. The lowest BCUT2D eigenvalue weighted by Gasteiger charge is -2.56. The maximum Gasteiger partial charge on any atom is 0.197 e. The van der Waals surface area contributed by atoms with Crippen molar-refractivity contribution in [1.29, 1.82) is 0 Å². The number of Topliss-reactive ketones (excluding diaryl/α,β-unsaturated/α-hetero) is 2. The summed E-state index contributed by atoms with van der Waals surface area (Å²) in [6.45, 7) is 2.62. The Morgan fingerprint density at radius 2 is 1.08 bits per heavy atom. The summed E-state index contributed by atoms with van der Waals surface area (Å²) in [5.74, 6) is 4.12. The summed E-state index contributed by atoms with van der Waals surface area (Å²) in [6.07, 6.45) is 8.98. The molecule has 0 spiro atoms. The lowest BCUT2D eigenvalue weighted by Crippen LogP contribution is -2.60. The number of carbonyl (C=O) groups is 2. The van der Waals surface area contributed by atoms with Gasteiger partial charge < -0.3 is 38.2 Å². The predicted octanol–water partition coefficient (Wildman–Crippen LogP) is 4.79. The molecule has 51 heavy (non-hydrogen) atoms. The number of hydrogen-bond acceptors (Lipinski definition) is 10. The first-order valence-corrected chi connectivity index (χ1v) is 18.3. The Morgan fingerprint density at radius 1 is 0.647 bits per heavy atom. The van der Waals surface area contributed by atoms with Crippen molar-refractivity contribution >= 4 is 11.6 Å². The van der Waals surface area contributed by atoms with Crippen LogP contribution >= 0.6 is 0 Å². The summed E-state index contributed by atoms with van der Waals surface area (Å²) < 4.78 is 36.3. The minimum atomic E-state index is -0.378. The molecule has 4 bridgehead atoms. The van der Waals surface area contributed by atoms with E-state index >= 15 is 0 Å². The highest BCUT2D eigenvalue weighted by atomic mass is 16.5. The highest BCUT2D eigenvalue weighted by Crippen LogP contribution is 2.59. The normalized spacial score (nSPS) is 30.9. The van der Waals surface area contributed by atoms with Gasteiger partial charge in [0.1, 0.15) is 0 Å². The summed E-state index contributed by atoms with van der Waals surface area (Å²) in [4.78, 5) is 31.7. The summed E-state index contributed by atoms with van der Waals surface area (Å²) in [5, 5.41) is 0. The standard InChI is InChI=1S/C41H50N2O8/c1-42-14-12-40-22-30(44)34(48-5)20-26(40)28(42)18-24-8-10-32(46-3)38(36(24)40)50-16-7-17-51-39-33(47-4)11-9-25-19-29-27-21-35(49-6)31(45)23-41(27,37(25)39)13-15-43(29)2/h8-11,20-21,26-29H,7,12-19,22-23H2,1-6H3/t26-,27-,28+,29+,40-,41-/m1/s1. The van der Waals surface area contributed by atoms with Gasteiger partial charge in [0.05, 0.1) is 41.7 Å². The summed E-state index contributed by atoms with van der Waals surface area (Å²) in [7, 11) is 10.9. The van der Waals surface area contributed by atoms with E-state index in [9.17, 15) is 9.59 Å². The van der Waals surface area contributed by atoms with Gasteiger partial charge in [0, 0.05) is 65.1 Å². The number of ether oxygens (including phenoxy) is 6. The summed E-state index contributed by atoms with van der Waals surface area (Å²) in [5.41, 5.74) is 3.91. The number of allylic oxidation sites excluding steroid dienone is 2. The molecule has 2 saturated heterocycles. The van der Waals surface area contributed by atoms with Gasteiger partial charge in [-0.15, -0.1) is 0 Å². The minimum Gasteiger partial charge on any atom is -0.493 e. The van der Waals surface area contributed by atoms with Gasteiger partial charge in [-0.2, -0.15) is 0 Å². The van der Waals surface area contributed by atoms with Crippen LogP contribution in [0, 0.1) is 11.8 Å². The first-order valence-electron chi connectivity index (χ1n) is 18.3. The van der Waals surface area contributed by atoms with Crippen molar-refractivity contribution in [3.63, 3.8) is 0 Å². The van der Waals surface area contributed by atoms with Crippen LogP contribution in [0.1, 0.15) is 54.4 Å². The highest BCUT2D eigenvalue weighted by Gasteiger charge is 2.58. The molecule has 0 aromatic heterocycles. The monoisotopic (exact) mass is 698 g/mol. The number of carbonyl (C=O) groups excluding carboxylic acids is 2. The molecule has 10 nitrogen and oxygen atoms in total. The number of piperidine rings is 2. The first-order chi connectivity index (χ1) is 24.7. The Balaban J connectivity index is 1.07. The molecule has 6 atom stereocenters. The van der Waals surface area contributed by atoms with Crippen LogP contribution in [0.15, 0.2) is 47.9 Å². The number of ketones is 2. The van der Waals surface area contributed by atoms with E-state index in [0.717, 1.165) is 61.4 Å². The molecule has 8 rings (SSSR count). The molecule has 0 unspecified atom stereocenters. The second-order valence-corrected chi connectivity index (χ2v) is 15.4. The average Bonchev–Trinajstić information content (AvgIpc) is 3.13. The van der Waals surface area contributed by atoms with Gasteiger partial charge in [-0.1, -0.05) is 12.1 Å². The second-order valence-electron chi connectivity index (χ2n) is 15.4. The van der Waals surface area contributed by atoms with E-state index in [1.807, 2.05) is 12.1 Å². The number of likely N-dealkylation sites (N-methyl/N-ethyl adjacent to an activating group) is 2. The van der Waals surface area contributed by atoms with Gasteiger partial charge in [0.2, 0.25) is 0 Å². The van der Waals surface area contributed by atoms with Crippen molar-refractivity contribution in [2.75, 3.05) is 68.8 Å². The molecule has 2 aliphatic heterocycles. The topological polar surface area (TPSA) is 96.0 Å². The Labute approximate surface area is 300 Å². The van der Waals surface area contributed by atoms with Gasteiger partial charge in [0.25, 0.3) is 0 Å².